The zero-order chi connectivity index (χ0) is 22.4. The summed E-state index contributed by atoms with van der Waals surface area (Å²) in [6, 6.07) is 15.0. The molecule has 2 aromatic carbocycles. The number of anilines is 1. The van der Waals surface area contributed by atoms with Crippen LogP contribution in [0.2, 0.25) is 0 Å². The van der Waals surface area contributed by atoms with E-state index in [1.54, 1.807) is 13.2 Å². The molecule has 0 aliphatic heterocycles. The summed E-state index contributed by atoms with van der Waals surface area (Å²) in [6.07, 6.45) is 0. The third kappa shape index (κ3) is 5.12. The molecule has 0 spiro atoms. The van der Waals surface area contributed by atoms with Crippen molar-refractivity contribution in [3.63, 3.8) is 0 Å². The number of guanidine groups is 1. The Morgan fingerprint density at radius 1 is 1.10 bits per heavy atom. The predicted molar refractivity (Wildman–Crippen MR) is 124 cm³/mol. The highest BCUT2D eigenvalue weighted by Gasteiger charge is 2.15. The average molecular weight is 420 g/mol. The molecule has 0 saturated carbocycles. The van der Waals surface area contributed by atoms with Gasteiger partial charge in [0.25, 0.3) is 5.91 Å². The van der Waals surface area contributed by atoms with Crippen molar-refractivity contribution in [2.24, 2.45) is 4.99 Å². The number of nitrogens with zero attached hydrogens (tertiary/aromatic N) is 3. The molecule has 0 atom stereocenters. The molecule has 0 saturated heterocycles. The lowest BCUT2D eigenvalue weighted by atomic mass is 10.1. The van der Waals surface area contributed by atoms with E-state index >= 15 is 0 Å². The Morgan fingerprint density at radius 3 is 2.48 bits per heavy atom. The van der Waals surface area contributed by atoms with Crippen LogP contribution in [0.25, 0.3) is 0 Å². The Kier molecular flexibility index (Phi) is 7.07. The van der Waals surface area contributed by atoms with Crippen molar-refractivity contribution < 1.29 is 9.53 Å². The van der Waals surface area contributed by atoms with E-state index in [1.807, 2.05) is 67.9 Å². The predicted octanol–water partition coefficient (Wildman–Crippen LogP) is 4.23. The van der Waals surface area contributed by atoms with E-state index in [4.69, 9.17) is 9.73 Å². The first-order valence-corrected chi connectivity index (χ1v) is 10.3. The van der Waals surface area contributed by atoms with Gasteiger partial charge >= 0.3 is 0 Å². The molecule has 0 aliphatic carbocycles. The minimum atomic E-state index is -0.225. The van der Waals surface area contributed by atoms with Crippen molar-refractivity contribution in [1.29, 1.82) is 0 Å². The van der Waals surface area contributed by atoms with Gasteiger partial charge < -0.3 is 10.1 Å². The molecular weight excluding hydrogens is 390 g/mol. The van der Waals surface area contributed by atoms with Crippen molar-refractivity contribution in [2.75, 3.05) is 12.4 Å². The highest BCUT2D eigenvalue weighted by Crippen LogP contribution is 2.23. The van der Waals surface area contributed by atoms with Crippen molar-refractivity contribution in [3.8, 4) is 5.75 Å². The first-order chi connectivity index (χ1) is 14.9. The lowest BCUT2D eigenvalue weighted by Gasteiger charge is -2.15. The molecule has 3 aromatic rings. The van der Waals surface area contributed by atoms with Gasteiger partial charge in [-0.15, -0.1) is 0 Å². The molecule has 162 valence electrons. The number of ether oxygens (including phenoxy) is 1. The van der Waals surface area contributed by atoms with E-state index in [0.29, 0.717) is 29.5 Å². The molecule has 0 radical (unpaired) electrons. The van der Waals surface area contributed by atoms with Crippen LogP contribution in [0.5, 0.6) is 5.75 Å². The molecule has 31 heavy (non-hydrogen) atoms. The number of amides is 1. The molecule has 3 rings (SSSR count). The molecule has 1 amide bonds. The standard InChI is InChI=1S/C24H29N5O2/c1-6-29-18(4)20(17(3)28-29)15-25-24(26-21-13-9-10-14-22(21)31-5)27-23(30)19-12-8-7-11-16(19)2/h7-14H,6,15H2,1-5H3,(H2,25,26,27,30). The van der Waals surface area contributed by atoms with Crippen molar-refractivity contribution in [2.45, 2.75) is 40.8 Å². The first kappa shape index (κ1) is 22.1. The van der Waals surface area contributed by atoms with Gasteiger partial charge in [-0.1, -0.05) is 30.3 Å². The number of para-hydroxylation sites is 2. The Morgan fingerprint density at radius 2 is 1.81 bits per heavy atom. The minimum Gasteiger partial charge on any atom is -0.495 e. The van der Waals surface area contributed by atoms with Crippen LogP contribution in [0.1, 0.15) is 39.8 Å². The summed E-state index contributed by atoms with van der Waals surface area (Å²) in [4.78, 5) is 17.6. The van der Waals surface area contributed by atoms with Crippen molar-refractivity contribution >= 4 is 17.6 Å². The average Bonchev–Trinajstić information content (AvgIpc) is 3.05. The van der Waals surface area contributed by atoms with Crippen LogP contribution < -0.4 is 15.4 Å². The quantitative estimate of drug-likeness (QED) is 0.463. The third-order valence-electron chi connectivity index (χ3n) is 5.21. The highest BCUT2D eigenvalue weighted by atomic mass is 16.5. The number of hydrogen-bond acceptors (Lipinski definition) is 4. The molecule has 1 heterocycles. The number of nitrogens with one attached hydrogen (secondary N) is 2. The van der Waals surface area contributed by atoms with Crippen LogP contribution in [0.4, 0.5) is 5.69 Å². The molecule has 0 unspecified atom stereocenters. The second-order valence-corrected chi connectivity index (χ2v) is 7.22. The summed E-state index contributed by atoms with van der Waals surface area (Å²) in [5.41, 5.74) is 5.27. The molecule has 7 nitrogen and oxygen atoms in total. The number of carbonyl (C=O) groups excluding carboxylic acids is 1. The minimum absolute atomic E-state index is 0.225. The van der Waals surface area contributed by atoms with Crippen LogP contribution in [0, 0.1) is 20.8 Å². The summed E-state index contributed by atoms with van der Waals surface area (Å²) < 4.78 is 7.39. The van der Waals surface area contributed by atoms with Gasteiger partial charge in [0.15, 0.2) is 0 Å². The molecule has 2 N–H and O–H groups in total. The van der Waals surface area contributed by atoms with Gasteiger partial charge in [-0.3, -0.25) is 14.8 Å². The van der Waals surface area contributed by atoms with E-state index in [1.165, 1.54) is 0 Å². The maximum Gasteiger partial charge on any atom is 0.258 e. The zero-order valence-electron chi connectivity index (χ0n) is 18.7. The summed E-state index contributed by atoms with van der Waals surface area (Å²) in [6.45, 7) is 9.17. The molecule has 0 fully saturated rings. The Labute approximate surface area is 183 Å². The number of methoxy groups -OCH3 is 1. The summed E-state index contributed by atoms with van der Waals surface area (Å²) in [7, 11) is 1.61. The molecule has 7 heteroatoms. The van der Waals surface area contributed by atoms with Crippen LogP contribution in [-0.2, 0) is 13.1 Å². The second kappa shape index (κ2) is 9.93. The van der Waals surface area contributed by atoms with E-state index in [9.17, 15) is 4.79 Å². The zero-order valence-corrected chi connectivity index (χ0v) is 18.7. The van der Waals surface area contributed by atoms with E-state index in [-0.39, 0.29) is 5.91 Å². The fourth-order valence-corrected chi connectivity index (χ4v) is 3.42. The number of benzene rings is 2. The summed E-state index contributed by atoms with van der Waals surface area (Å²) >= 11 is 0. The molecule has 0 bridgehead atoms. The van der Waals surface area contributed by atoms with Gasteiger partial charge in [0.05, 0.1) is 25.0 Å². The third-order valence-corrected chi connectivity index (χ3v) is 5.21. The second-order valence-electron chi connectivity index (χ2n) is 7.22. The fourth-order valence-electron chi connectivity index (χ4n) is 3.42. The smallest absolute Gasteiger partial charge is 0.258 e. The van der Waals surface area contributed by atoms with Gasteiger partial charge in [-0.2, -0.15) is 5.10 Å². The summed E-state index contributed by atoms with van der Waals surface area (Å²) in [5, 5.41) is 10.7. The normalized spacial score (nSPS) is 11.3. The van der Waals surface area contributed by atoms with E-state index < -0.39 is 0 Å². The first-order valence-electron chi connectivity index (χ1n) is 10.3. The Balaban J connectivity index is 1.92. The molecular formula is C24H29N5O2. The maximum atomic E-state index is 12.9. The summed E-state index contributed by atoms with van der Waals surface area (Å²) in [5.74, 6) is 0.782. The van der Waals surface area contributed by atoms with Gasteiger partial charge in [0, 0.05) is 23.4 Å². The van der Waals surface area contributed by atoms with Crippen LogP contribution in [0.15, 0.2) is 53.5 Å². The number of rotatable bonds is 6. The number of aliphatic imine (C=N–C) groups is 1. The van der Waals surface area contributed by atoms with Gasteiger partial charge in [0.2, 0.25) is 5.96 Å². The molecule has 1 aromatic heterocycles. The van der Waals surface area contributed by atoms with E-state index in [2.05, 4.69) is 22.7 Å². The van der Waals surface area contributed by atoms with Gasteiger partial charge in [-0.25, -0.2) is 4.99 Å². The number of aryl methyl sites for hydroxylation is 3. The van der Waals surface area contributed by atoms with Gasteiger partial charge in [0.1, 0.15) is 5.75 Å². The van der Waals surface area contributed by atoms with Gasteiger partial charge in [-0.05, 0) is 51.5 Å². The van der Waals surface area contributed by atoms with Crippen molar-refractivity contribution in [3.05, 3.63) is 76.6 Å². The lowest BCUT2D eigenvalue weighted by Crippen LogP contribution is -2.36. The Bertz CT molecular complexity index is 1100. The number of hydrogen-bond donors (Lipinski definition) is 2. The Hall–Kier alpha value is -3.61. The highest BCUT2D eigenvalue weighted by molar-refractivity contribution is 6.10. The SMILES string of the molecule is CCn1nc(C)c(CN=C(NC(=O)c2ccccc2C)Nc2ccccc2OC)c1C. The van der Waals surface area contributed by atoms with Crippen molar-refractivity contribution in [1.82, 2.24) is 15.1 Å². The number of aromatic nitrogens is 2. The molecule has 0 aliphatic rings. The van der Waals surface area contributed by atoms with Crippen LogP contribution >= 0.6 is 0 Å². The number of carbonyl (C=O) groups is 1. The topological polar surface area (TPSA) is 80.5 Å². The van der Waals surface area contributed by atoms with Crippen LogP contribution in [-0.4, -0.2) is 28.8 Å². The fraction of sp³-hybridized carbons (Fsp3) is 0.292. The monoisotopic (exact) mass is 419 g/mol. The maximum absolute atomic E-state index is 12.9. The largest absolute Gasteiger partial charge is 0.495 e. The lowest BCUT2D eigenvalue weighted by molar-refractivity contribution is 0.0976. The van der Waals surface area contributed by atoms with E-state index in [0.717, 1.165) is 29.1 Å². The van der Waals surface area contributed by atoms with Crippen LogP contribution in [0.3, 0.4) is 0 Å².